The summed E-state index contributed by atoms with van der Waals surface area (Å²) < 4.78 is 0. The van der Waals surface area contributed by atoms with Gasteiger partial charge < -0.3 is 14.8 Å². The number of piperidine rings is 1. The first kappa shape index (κ1) is 19.8. The SMILES string of the molecule is Cc1ccc(C2(c3nc4ccc(N5CCC[C@@H](C(=O)N6CCCC6)C5)nc4[nH]3)CC2)cc1. The molecule has 3 fully saturated rings. The summed E-state index contributed by atoms with van der Waals surface area (Å²) in [4.78, 5) is 30.7. The van der Waals surface area contributed by atoms with Gasteiger partial charge in [-0.2, -0.15) is 0 Å². The smallest absolute Gasteiger partial charge is 0.227 e. The second-order valence-corrected chi connectivity index (χ2v) is 9.89. The maximum atomic E-state index is 12.9. The fourth-order valence-electron chi connectivity index (χ4n) is 5.53. The highest BCUT2D eigenvalue weighted by atomic mass is 16.2. The fourth-order valence-corrected chi connectivity index (χ4v) is 5.53. The van der Waals surface area contributed by atoms with E-state index in [0.29, 0.717) is 5.91 Å². The topological polar surface area (TPSA) is 65.1 Å². The van der Waals surface area contributed by atoms with Gasteiger partial charge in [-0.1, -0.05) is 29.8 Å². The Kier molecular flexibility index (Phi) is 4.70. The van der Waals surface area contributed by atoms with Crippen LogP contribution in [0.2, 0.25) is 0 Å². The third-order valence-corrected chi connectivity index (χ3v) is 7.65. The van der Waals surface area contributed by atoms with Crippen molar-refractivity contribution in [3.63, 3.8) is 0 Å². The number of H-pyrrole nitrogens is 1. The van der Waals surface area contributed by atoms with Crippen molar-refractivity contribution in [2.24, 2.45) is 5.92 Å². The Balaban J connectivity index is 1.24. The molecule has 0 spiro atoms. The van der Waals surface area contributed by atoms with E-state index >= 15 is 0 Å². The van der Waals surface area contributed by atoms with Crippen molar-refractivity contribution in [2.75, 3.05) is 31.1 Å². The maximum Gasteiger partial charge on any atom is 0.227 e. The number of hydrogen-bond acceptors (Lipinski definition) is 4. The first-order chi connectivity index (χ1) is 15.6. The molecule has 0 bridgehead atoms. The summed E-state index contributed by atoms with van der Waals surface area (Å²) in [6.45, 7) is 5.71. The van der Waals surface area contributed by atoms with E-state index in [2.05, 4.69) is 58.1 Å². The van der Waals surface area contributed by atoms with Crippen LogP contribution in [-0.2, 0) is 10.2 Å². The van der Waals surface area contributed by atoms with E-state index < -0.39 is 0 Å². The summed E-state index contributed by atoms with van der Waals surface area (Å²) in [5, 5.41) is 0. The number of aryl methyl sites for hydroxylation is 1. The molecule has 6 nitrogen and oxygen atoms in total. The van der Waals surface area contributed by atoms with Gasteiger partial charge in [-0.15, -0.1) is 0 Å². The Morgan fingerprint density at radius 1 is 1.00 bits per heavy atom. The number of likely N-dealkylation sites (tertiary alicyclic amines) is 1. The Morgan fingerprint density at radius 2 is 1.78 bits per heavy atom. The highest BCUT2D eigenvalue weighted by molar-refractivity contribution is 5.80. The highest BCUT2D eigenvalue weighted by Gasteiger charge is 2.48. The Morgan fingerprint density at radius 3 is 2.53 bits per heavy atom. The number of carbonyl (C=O) groups is 1. The van der Waals surface area contributed by atoms with Gasteiger partial charge in [0.25, 0.3) is 0 Å². The van der Waals surface area contributed by atoms with Crippen molar-refractivity contribution in [1.29, 1.82) is 0 Å². The third-order valence-electron chi connectivity index (χ3n) is 7.65. The molecule has 1 N–H and O–H groups in total. The zero-order valence-corrected chi connectivity index (χ0v) is 18.8. The first-order valence-electron chi connectivity index (χ1n) is 12.1. The molecule has 3 aliphatic rings. The van der Waals surface area contributed by atoms with Crippen LogP contribution in [0.4, 0.5) is 5.82 Å². The number of amides is 1. The van der Waals surface area contributed by atoms with Crippen LogP contribution >= 0.6 is 0 Å². The van der Waals surface area contributed by atoms with Gasteiger partial charge in [0.05, 0.1) is 11.3 Å². The number of fused-ring (bicyclic) bond motifs is 1. The van der Waals surface area contributed by atoms with Crippen LogP contribution in [0.5, 0.6) is 0 Å². The number of hydrogen-bond donors (Lipinski definition) is 1. The predicted molar refractivity (Wildman–Crippen MR) is 126 cm³/mol. The second kappa shape index (κ2) is 7.61. The number of rotatable bonds is 4. The van der Waals surface area contributed by atoms with Crippen molar-refractivity contribution in [3.8, 4) is 0 Å². The molecule has 0 radical (unpaired) electrons. The molecule has 2 saturated heterocycles. The van der Waals surface area contributed by atoms with Crippen molar-refractivity contribution in [2.45, 2.75) is 50.9 Å². The minimum absolute atomic E-state index is 0.00688. The lowest BCUT2D eigenvalue weighted by molar-refractivity contribution is -0.134. The largest absolute Gasteiger partial charge is 0.356 e. The summed E-state index contributed by atoms with van der Waals surface area (Å²) in [7, 11) is 0. The van der Waals surface area contributed by atoms with E-state index in [0.717, 1.165) is 87.5 Å². The molecule has 6 rings (SSSR count). The Hall–Kier alpha value is -2.89. The monoisotopic (exact) mass is 429 g/mol. The quantitative estimate of drug-likeness (QED) is 0.676. The molecule has 2 aliphatic heterocycles. The van der Waals surface area contributed by atoms with Crippen LogP contribution < -0.4 is 4.90 Å². The average Bonchev–Trinajstić information content (AvgIpc) is 3.24. The third kappa shape index (κ3) is 3.37. The lowest BCUT2D eigenvalue weighted by atomic mass is 9.94. The first-order valence-corrected chi connectivity index (χ1v) is 12.1. The summed E-state index contributed by atoms with van der Waals surface area (Å²) in [5.41, 5.74) is 4.39. The lowest BCUT2D eigenvalue weighted by Gasteiger charge is -2.34. The number of nitrogens with one attached hydrogen (secondary N) is 1. The van der Waals surface area contributed by atoms with Gasteiger partial charge in [-0.05, 0) is 63.1 Å². The van der Waals surface area contributed by atoms with E-state index in [1.807, 2.05) is 0 Å². The van der Waals surface area contributed by atoms with Crippen LogP contribution in [-0.4, -0.2) is 51.9 Å². The molecule has 1 aliphatic carbocycles. The normalized spacial score (nSPS) is 22.5. The van der Waals surface area contributed by atoms with E-state index in [9.17, 15) is 4.79 Å². The fraction of sp³-hybridized carbons (Fsp3) is 0.500. The van der Waals surface area contributed by atoms with Crippen LogP contribution in [0, 0.1) is 12.8 Å². The van der Waals surface area contributed by atoms with Gasteiger partial charge in [0.1, 0.15) is 17.2 Å². The number of benzene rings is 1. The van der Waals surface area contributed by atoms with E-state index in [1.165, 1.54) is 11.1 Å². The van der Waals surface area contributed by atoms with Gasteiger partial charge in [-0.3, -0.25) is 4.79 Å². The molecule has 166 valence electrons. The molecule has 1 atom stereocenters. The number of imidazole rings is 1. The van der Waals surface area contributed by atoms with Crippen LogP contribution in [0.15, 0.2) is 36.4 Å². The molecular weight excluding hydrogens is 398 g/mol. The molecule has 1 aromatic carbocycles. The van der Waals surface area contributed by atoms with Crippen LogP contribution in [0.25, 0.3) is 11.2 Å². The second-order valence-electron chi connectivity index (χ2n) is 9.89. The predicted octanol–water partition coefficient (Wildman–Crippen LogP) is 4.19. The van der Waals surface area contributed by atoms with E-state index in [4.69, 9.17) is 9.97 Å². The molecule has 3 aromatic rings. The van der Waals surface area contributed by atoms with Crippen molar-refractivity contribution in [3.05, 3.63) is 53.3 Å². The van der Waals surface area contributed by atoms with Gasteiger partial charge in [0.15, 0.2) is 5.65 Å². The molecule has 4 heterocycles. The zero-order valence-electron chi connectivity index (χ0n) is 18.8. The molecule has 0 unspecified atom stereocenters. The number of carbonyl (C=O) groups excluding carboxylic acids is 1. The van der Waals surface area contributed by atoms with Crippen LogP contribution in [0.1, 0.15) is 55.5 Å². The summed E-state index contributed by atoms with van der Waals surface area (Å²) >= 11 is 0. The van der Waals surface area contributed by atoms with Crippen molar-refractivity contribution < 1.29 is 4.79 Å². The van der Waals surface area contributed by atoms with E-state index in [1.54, 1.807) is 0 Å². The summed E-state index contributed by atoms with van der Waals surface area (Å²) in [6, 6.07) is 13.0. The van der Waals surface area contributed by atoms with Gasteiger partial charge in [-0.25, -0.2) is 9.97 Å². The number of anilines is 1. The number of aromatic nitrogens is 3. The molecule has 6 heteroatoms. The Labute approximate surface area is 189 Å². The molecule has 1 saturated carbocycles. The van der Waals surface area contributed by atoms with Crippen molar-refractivity contribution in [1.82, 2.24) is 19.9 Å². The zero-order chi connectivity index (χ0) is 21.7. The number of pyridine rings is 1. The minimum Gasteiger partial charge on any atom is -0.356 e. The van der Waals surface area contributed by atoms with Gasteiger partial charge >= 0.3 is 0 Å². The minimum atomic E-state index is 0.00688. The molecular formula is C26H31N5O. The molecule has 32 heavy (non-hydrogen) atoms. The van der Waals surface area contributed by atoms with Crippen LogP contribution in [0.3, 0.4) is 0 Å². The summed E-state index contributed by atoms with van der Waals surface area (Å²) in [6.07, 6.45) is 6.56. The Bertz CT molecular complexity index is 1140. The number of aromatic amines is 1. The van der Waals surface area contributed by atoms with E-state index in [-0.39, 0.29) is 11.3 Å². The number of nitrogens with zero attached hydrogens (tertiary/aromatic N) is 4. The molecule has 2 aromatic heterocycles. The average molecular weight is 430 g/mol. The van der Waals surface area contributed by atoms with Crippen molar-refractivity contribution >= 4 is 22.9 Å². The summed E-state index contributed by atoms with van der Waals surface area (Å²) in [5.74, 6) is 2.41. The lowest BCUT2D eigenvalue weighted by Crippen LogP contribution is -2.44. The highest BCUT2D eigenvalue weighted by Crippen LogP contribution is 2.52. The molecule has 1 amide bonds. The maximum absolute atomic E-state index is 12.9. The standard InChI is InChI=1S/C26H31N5O/c1-18-6-8-20(9-7-18)26(12-13-26)25-27-21-10-11-22(28-23(21)29-25)31-16-4-5-19(17-31)24(32)30-14-2-3-15-30/h6-11,19H,2-5,12-17H2,1H3,(H,27,28,29)/t19-/m1/s1. The van der Waals surface area contributed by atoms with Gasteiger partial charge in [0, 0.05) is 26.2 Å². The van der Waals surface area contributed by atoms with Gasteiger partial charge in [0.2, 0.25) is 5.91 Å².